The van der Waals surface area contributed by atoms with Crippen LogP contribution in [0.5, 0.6) is 5.75 Å². The Balaban J connectivity index is 1.44. The fourth-order valence-corrected chi connectivity index (χ4v) is 4.55. The maximum atomic E-state index is 13.3. The number of morpholine rings is 1. The molecule has 2 aliphatic rings. The van der Waals surface area contributed by atoms with E-state index in [9.17, 15) is 27.2 Å². The van der Waals surface area contributed by atoms with Crippen molar-refractivity contribution in [2.24, 2.45) is 5.41 Å². The Morgan fingerprint density at radius 2 is 1.50 bits per heavy atom. The van der Waals surface area contributed by atoms with Crippen LogP contribution < -0.4 is 4.74 Å². The quantitative estimate of drug-likeness (QED) is 0.543. The Labute approximate surface area is 206 Å². The van der Waals surface area contributed by atoms with Gasteiger partial charge in [0, 0.05) is 43.6 Å². The highest BCUT2D eigenvalue weighted by Gasteiger charge is 2.40. The summed E-state index contributed by atoms with van der Waals surface area (Å²) in [6, 6.07) is 9.82. The zero-order valence-corrected chi connectivity index (χ0v) is 19.7. The van der Waals surface area contributed by atoms with Crippen molar-refractivity contribution in [2.45, 2.75) is 25.4 Å². The topological polar surface area (TPSA) is 59.1 Å². The molecule has 2 saturated heterocycles. The summed E-state index contributed by atoms with van der Waals surface area (Å²) in [6.45, 7) is 2.90. The number of carbonyl (C=O) groups excluding carboxylic acids is 2. The number of carbonyl (C=O) groups is 2. The van der Waals surface area contributed by atoms with E-state index < -0.39 is 17.2 Å². The van der Waals surface area contributed by atoms with E-state index in [1.54, 1.807) is 9.80 Å². The van der Waals surface area contributed by atoms with E-state index in [1.807, 2.05) is 0 Å². The van der Waals surface area contributed by atoms with Gasteiger partial charge in [-0.05, 0) is 61.4 Å². The number of nitrogens with zero attached hydrogens (tertiary/aromatic N) is 2. The molecular weight excluding hydrogens is 480 g/mol. The Bertz CT molecular complexity index is 1040. The highest BCUT2D eigenvalue weighted by atomic mass is 19.4. The number of likely N-dealkylation sites (tertiary alicyclic amines) is 1. The first-order valence-corrected chi connectivity index (χ1v) is 11.9. The summed E-state index contributed by atoms with van der Waals surface area (Å²) in [4.78, 5) is 29.4. The van der Waals surface area contributed by atoms with Crippen LogP contribution in [0.1, 0.15) is 35.2 Å². The van der Waals surface area contributed by atoms with Gasteiger partial charge in [0.15, 0.2) is 0 Å². The fourth-order valence-electron chi connectivity index (χ4n) is 4.55. The van der Waals surface area contributed by atoms with Crippen LogP contribution in [0.4, 0.5) is 17.6 Å². The van der Waals surface area contributed by atoms with E-state index in [1.165, 1.54) is 36.4 Å². The van der Waals surface area contributed by atoms with Crippen molar-refractivity contribution in [3.8, 4) is 5.75 Å². The van der Waals surface area contributed by atoms with Gasteiger partial charge in [0.25, 0.3) is 5.91 Å². The van der Waals surface area contributed by atoms with Gasteiger partial charge in [-0.2, -0.15) is 13.2 Å². The molecule has 0 saturated carbocycles. The zero-order chi connectivity index (χ0) is 25.8. The highest BCUT2D eigenvalue weighted by molar-refractivity contribution is 5.94. The summed E-state index contributed by atoms with van der Waals surface area (Å²) in [6.07, 6.45) is -3.27. The number of rotatable bonds is 6. The molecule has 0 aromatic heterocycles. The average molecular weight is 509 g/mol. The minimum absolute atomic E-state index is 0.0106. The normalized spacial score (nSPS) is 18.1. The molecule has 6 nitrogen and oxygen atoms in total. The second-order valence-corrected chi connectivity index (χ2v) is 9.28. The molecule has 2 heterocycles. The number of benzene rings is 2. The molecule has 10 heteroatoms. The molecule has 2 aliphatic heterocycles. The Morgan fingerprint density at radius 1 is 0.889 bits per heavy atom. The molecule has 36 heavy (non-hydrogen) atoms. The molecule has 0 atom stereocenters. The highest BCUT2D eigenvalue weighted by Crippen LogP contribution is 2.37. The number of piperidine rings is 1. The van der Waals surface area contributed by atoms with Gasteiger partial charge in [-0.1, -0.05) is 0 Å². The molecule has 0 unspecified atom stereocenters. The molecule has 0 spiro atoms. The smallest absolute Gasteiger partial charge is 0.416 e. The lowest BCUT2D eigenvalue weighted by atomic mass is 9.75. The maximum absolute atomic E-state index is 13.3. The van der Waals surface area contributed by atoms with Crippen molar-refractivity contribution in [3.05, 3.63) is 65.5 Å². The second-order valence-electron chi connectivity index (χ2n) is 9.28. The molecular formula is C26H28F4N2O4. The SMILES string of the molecule is O=C(CC1(COc2ccc(F)cc2)CCN(C(=O)c2ccc(C(F)(F)F)cc2)CC1)N1CCOCC1. The van der Waals surface area contributed by atoms with E-state index >= 15 is 0 Å². The minimum atomic E-state index is -4.47. The number of hydrogen-bond donors (Lipinski definition) is 0. The first-order chi connectivity index (χ1) is 17.2. The molecule has 194 valence electrons. The monoisotopic (exact) mass is 508 g/mol. The van der Waals surface area contributed by atoms with Crippen LogP contribution in [-0.2, 0) is 15.7 Å². The lowest BCUT2D eigenvalue weighted by Gasteiger charge is -2.42. The Hall–Kier alpha value is -3.14. The van der Waals surface area contributed by atoms with Crippen molar-refractivity contribution in [3.63, 3.8) is 0 Å². The van der Waals surface area contributed by atoms with Gasteiger partial charge in [-0.15, -0.1) is 0 Å². The summed E-state index contributed by atoms with van der Waals surface area (Å²) in [5.41, 5.74) is -1.17. The van der Waals surface area contributed by atoms with Gasteiger partial charge >= 0.3 is 6.18 Å². The third kappa shape index (κ3) is 6.34. The summed E-state index contributed by atoms with van der Waals surface area (Å²) >= 11 is 0. The van der Waals surface area contributed by atoms with Crippen LogP contribution in [0.2, 0.25) is 0 Å². The Kier molecular flexibility index (Phi) is 7.82. The van der Waals surface area contributed by atoms with Crippen LogP contribution in [0.15, 0.2) is 48.5 Å². The van der Waals surface area contributed by atoms with Crippen LogP contribution in [0.3, 0.4) is 0 Å². The number of alkyl halides is 3. The average Bonchev–Trinajstić information content (AvgIpc) is 2.88. The third-order valence-electron chi connectivity index (χ3n) is 6.82. The predicted octanol–water partition coefficient (Wildman–Crippen LogP) is 4.39. The molecule has 4 rings (SSSR count). The molecule has 2 aromatic rings. The van der Waals surface area contributed by atoms with Gasteiger partial charge in [0.2, 0.25) is 5.91 Å². The van der Waals surface area contributed by atoms with Crippen LogP contribution in [0, 0.1) is 11.2 Å². The van der Waals surface area contributed by atoms with E-state index in [2.05, 4.69) is 0 Å². The first kappa shape index (κ1) is 25.9. The van der Waals surface area contributed by atoms with Crippen molar-refractivity contribution in [1.82, 2.24) is 9.80 Å². The predicted molar refractivity (Wildman–Crippen MR) is 123 cm³/mol. The number of ether oxygens (including phenoxy) is 2. The summed E-state index contributed by atoms with van der Waals surface area (Å²) in [5.74, 6) is -0.257. The van der Waals surface area contributed by atoms with E-state index in [-0.39, 0.29) is 36.2 Å². The molecule has 0 N–H and O–H groups in total. The van der Waals surface area contributed by atoms with Crippen molar-refractivity contribution in [1.29, 1.82) is 0 Å². The van der Waals surface area contributed by atoms with Gasteiger partial charge in [0.05, 0.1) is 25.4 Å². The largest absolute Gasteiger partial charge is 0.493 e. The van der Waals surface area contributed by atoms with Crippen molar-refractivity contribution in [2.75, 3.05) is 46.0 Å². The Morgan fingerprint density at radius 3 is 2.08 bits per heavy atom. The number of hydrogen-bond acceptors (Lipinski definition) is 4. The lowest BCUT2D eigenvalue weighted by molar-refractivity contribution is -0.139. The minimum Gasteiger partial charge on any atom is -0.493 e. The standard InChI is InChI=1S/C26H28F4N2O4/c27-21-5-7-22(8-6-21)36-18-25(17-23(33)31-13-15-35-16-14-31)9-11-32(12-10-25)24(34)19-1-3-20(4-2-19)26(28,29)30/h1-8H,9-18H2. The van der Waals surface area contributed by atoms with Crippen LogP contribution in [0.25, 0.3) is 0 Å². The number of amides is 2. The second kappa shape index (κ2) is 10.9. The zero-order valence-electron chi connectivity index (χ0n) is 19.7. The lowest BCUT2D eigenvalue weighted by Crippen LogP contribution is -2.49. The van der Waals surface area contributed by atoms with Crippen LogP contribution in [-0.4, -0.2) is 67.6 Å². The van der Waals surface area contributed by atoms with Gasteiger partial charge < -0.3 is 19.3 Å². The number of halogens is 4. The fraction of sp³-hybridized carbons (Fsp3) is 0.462. The molecule has 0 radical (unpaired) electrons. The van der Waals surface area contributed by atoms with E-state index in [4.69, 9.17) is 9.47 Å². The third-order valence-corrected chi connectivity index (χ3v) is 6.82. The van der Waals surface area contributed by atoms with Gasteiger partial charge in [-0.3, -0.25) is 9.59 Å². The van der Waals surface area contributed by atoms with Crippen molar-refractivity contribution < 1.29 is 36.6 Å². The summed E-state index contributed by atoms with van der Waals surface area (Å²) in [7, 11) is 0. The molecule has 2 aromatic carbocycles. The molecule has 2 amide bonds. The van der Waals surface area contributed by atoms with E-state index in [0.717, 1.165) is 12.1 Å². The summed E-state index contributed by atoms with van der Waals surface area (Å²) in [5, 5.41) is 0. The van der Waals surface area contributed by atoms with E-state index in [0.29, 0.717) is 58.0 Å². The van der Waals surface area contributed by atoms with Gasteiger partial charge in [-0.25, -0.2) is 4.39 Å². The first-order valence-electron chi connectivity index (χ1n) is 11.9. The van der Waals surface area contributed by atoms with Gasteiger partial charge in [0.1, 0.15) is 11.6 Å². The molecule has 2 fully saturated rings. The maximum Gasteiger partial charge on any atom is 0.416 e. The van der Waals surface area contributed by atoms with Crippen molar-refractivity contribution >= 4 is 11.8 Å². The molecule has 0 bridgehead atoms. The molecule has 0 aliphatic carbocycles. The van der Waals surface area contributed by atoms with Crippen LogP contribution >= 0.6 is 0 Å². The summed E-state index contributed by atoms with van der Waals surface area (Å²) < 4.78 is 63.1.